The molecule has 0 fully saturated rings. The number of methoxy groups -OCH3 is 1. The number of aromatic nitrogens is 1. The number of nitrogens with zero attached hydrogens (tertiary/aromatic N) is 1. The number of fused-ring (bicyclic) bond motifs is 1. The molecule has 6 nitrogen and oxygen atoms in total. The molecule has 1 aromatic heterocycles. The normalized spacial score (nSPS) is 11.2. The van der Waals surface area contributed by atoms with Gasteiger partial charge in [-0.2, -0.15) is 13.2 Å². The van der Waals surface area contributed by atoms with Crippen molar-refractivity contribution in [1.82, 2.24) is 4.98 Å². The SMILES string of the molecule is CCOC(=O)c1cnc2ccc(C(=O)OC)cc2c1Nc1ccccc1C(F)(F)F. The lowest BCUT2D eigenvalue weighted by atomic mass is 10.0. The standard InChI is InChI=1S/C21H17F3N2O4/c1-3-30-20(28)14-11-25-16-9-8-12(19(27)29-2)10-13(16)18(14)26-17-7-5-4-6-15(17)21(22,23)24/h4-11H,3H2,1-2H3,(H,25,26). The van der Waals surface area contributed by atoms with Gasteiger partial charge >= 0.3 is 18.1 Å². The van der Waals surface area contributed by atoms with E-state index >= 15 is 0 Å². The lowest BCUT2D eigenvalue weighted by Crippen LogP contribution is -2.12. The number of hydrogen-bond donors (Lipinski definition) is 1. The fourth-order valence-electron chi connectivity index (χ4n) is 2.91. The molecule has 0 amide bonds. The first-order valence-electron chi connectivity index (χ1n) is 8.87. The van der Waals surface area contributed by atoms with Gasteiger partial charge in [0.25, 0.3) is 0 Å². The highest BCUT2D eigenvalue weighted by atomic mass is 19.4. The number of anilines is 2. The predicted molar refractivity (Wildman–Crippen MR) is 104 cm³/mol. The summed E-state index contributed by atoms with van der Waals surface area (Å²) in [4.78, 5) is 28.5. The molecule has 9 heteroatoms. The van der Waals surface area contributed by atoms with Gasteiger partial charge in [0.1, 0.15) is 5.56 Å². The van der Waals surface area contributed by atoms with E-state index in [9.17, 15) is 22.8 Å². The molecule has 0 bridgehead atoms. The molecular formula is C21H17F3N2O4. The fourth-order valence-corrected chi connectivity index (χ4v) is 2.91. The number of pyridine rings is 1. The Morgan fingerprint density at radius 3 is 2.50 bits per heavy atom. The number of para-hydroxylation sites is 1. The lowest BCUT2D eigenvalue weighted by Gasteiger charge is -2.18. The number of esters is 2. The van der Waals surface area contributed by atoms with Gasteiger partial charge in [-0.15, -0.1) is 0 Å². The average Bonchev–Trinajstić information content (AvgIpc) is 2.72. The second kappa shape index (κ2) is 8.40. The molecule has 0 aliphatic rings. The fraction of sp³-hybridized carbons (Fsp3) is 0.190. The second-order valence-electron chi connectivity index (χ2n) is 6.16. The number of hydrogen-bond acceptors (Lipinski definition) is 6. The van der Waals surface area contributed by atoms with Crippen LogP contribution < -0.4 is 5.32 Å². The largest absolute Gasteiger partial charge is 0.465 e. The van der Waals surface area contributed by atoms with Crippen LogP contribution >= 0.6 is 0 Å². The van der Waals surface area contributed by atoms with Crippen molar-refractivity contribution in [1.29, 1.82) is 0 Å². The number of carbonyl (C=O) groups excluding carboxylic acids is 2. The molecular weight excluding hydrogens is 401 g/mol. The summed E-state index contributed by atoms with van der Waals surface area (Å²) in [7, 11) is 1.21. The van der Waals surface area contributed by atoms with Crippen molar-refractivity contribution < 1.29 is 32.2 Å². The van der Waals surface area contributed by atoms with Gasteiger partial charge in [-0.25, -0.2) is 9.59 Å². The maximum atomic E-state index is 13.5. The van der Waals surface area contributed by atoms with Crippen molar-refractivity contribution in [3.63, 3.8) is 0 Å². The summed E-state index contributed by atoms with van der Waals surface area (Å²) in [5.41, 5.74) is -0.674. The van der Waals surface area contributed by atoms with E-state index in [1.54, 1.807) is 6.92 Å². The van der Waals surface area contributed by atoms with E-state index in [-0.39, 0.29) is 34.5 Å². The highest BCUT2D eigenvalue weighted by Crippen LogP contribution is 2.38. The van der Waals surface area contributed by atoms with Gasteiger partial charge in [0, 0.05) is 11.6 Å². The molecule has 1 N–H and O–H groups in total. The van der Waals surface area contributed by atoms with Crippen molar-refractivity contribution >= 4 is 34.2 Å². The molecule has 0 unspecified atom stereocenters. The Labute approximate surface area is 169 Å². The van der Waals surface area contributed by atoms with Crippen molar-refractivity contribution in [3.05, 3.63) is 65.4 Å². The van der Waals surface area contributed by atoms with E-state index in [2.05, 4.69) is 10.3 Å². The molecule has 3 aromatic rings. The predicted octanol–water partition coefficient (Wildman–Crippen LogP) is 4.96. The number of nitrogens with one attached hydrogen (secondary N) is 1. The van der Waals surface area contributed by atoms with Gasteiger partial charge in [0.15, 0.2) is 0 Å². The van der Waals surface area contributed by atoms with E-state index in [4.69, 9.17) is 9.47 Å². The lowest BCUT2D eigenvalue weighted by molar-refractivity contribution is -0.136. The number of benzene rings is 2. The van der Waals surface area contributed by atoms with Crippen LogP contribution in [0.3, 0.4) is 0 Å². The third-order valence-corrected chi connectivity index (χ3v) is 4.28. The smallest absolute Gasteiger partial charge is 0.418 e. The second-order valence-corrected chi connectivity index (χ2v) is 6.16. The van der Waals surface area contributed by atoms with Gasteiger partial charge in [-0.3, -0.25) is 4.98 Å². The summed E-state index contributed by atoms with van der Waals surface area (Å²) in [6.45, 7) is 1.67. The van der Waals surface area contributed by atoms with E-state index in [1.807, 2.05) is 0 Å². The van der Waals surface area contributed by atoms with Crippen LogP contribution in [0.4, 0.5) is 24.5 Å². The maximum Gasteiger partial charge on any atom is 0.418 e. The average molecular weight is 418 g/mol. The third-order valence-electron chi connectivity index (χ3n) is 4.28. The molecule has 2 aromatic carbocycles. The Morgan fingerprint density at radius 2 is 1.83 bits per heavy atom. The minimum absolute atomic E-state index is 0.0425. The van der Waals surface area contributed by atoms with E-state index in [0.717, 1.165) is 6.07 Å². The van der Waals surface area contributed by atoms with Crippen LogP contribution in [0, 0.1) is 0 Å². The Balaban J connectivity index is 2.25. The van der Waals surface area contributed by atoms with Crippen LogP contribution in [0.5, 0.6) is 0 Å². The van der Waals surface area contributed by atoms with Crippen LogP contribution in [0.1, 0.15) is 33.2 Å². The highest BCUT2D eigenvalue weighted by Gasteiger charge is 2.33. The van der Waals surface area contributed by atoms with Crippen molar-refractivity contribution in [2.45, 2.75) is 13.1 Å². The van der Waals surface area contributed by atoms with Crippen LogP contribution in [-0.2, 0) is 15.7 Å². The Morgan fingerprint density at radius 1 is 1.10 bits per heavy atom. The summed E-state index contributed by atoms with van der Waals surface area (Å²) in [5, 5.41) is 2.97. The van der Waals surface area contributed by atoms with Gasteiger partial charge < -0.3 is 14.8 Å². The monoisotopic (exact) mass is 418 g/mol. The molecule has 0 saturated heterocycles. The molecule has 1 heterocycles. The van der Waals surface area contributed by atoms with Crippen LogP contribution in [0.15, 0.2) is 48.7 Å². The summed E-state index contributed by atoms with van der Waals surface area (Å²) in [6, 6.07) is 9.25. The summed E-state index contributed by atoms with van der Waals surface area (Å²) in [5.74, 6) is -1.40. The van der Waals surface area contributed by atoms with Crippen LogP contribution in [-0.4, -0.2) is 30.6 Å². The molecule has 0 saturated carbocycles. The summed E-state index contributed by atoms with van der Waals surface area (Å²) in [6.07, 6.45) is -3.40. The Bertz CT molecular complexity index is 1110. The Hall–Kier alpha value is -3.62. The minimum Gasteiger partial charge on any atom is -0.465 e. The molecule has 0 aliphatic carbocycles. The first-order chi connectivity index (χ1) is 14.3. The van der Waals surface area contributed by atoms with Gasteiger partial charge in [-0.05, 0) is 37.3 Å². The third kappa shape index (κ3) is 4.19. The molecule has 30 heavy (non-hydrogen) atoms. The minimum atomic E-state index is -4.62. The van der Waals surface area contributed by atoms with Crippen LogP contribution in [0.2, 0.25) is 0 Å². The zero-order valence-electron chi connectivity index (χ0n) is 16.0. The van der Waals surface area contributed by atoms with Gasteiger partial charge in [0.2, 0.25) is 0 Å². The maximum absolute atomic E-state index is 13.5. The number of alkyl halides is 3. The number of halogens is 3. The Kier molecular flexibility index (Phi) is 5.91. The first-order valence-corrected chi connectivity index (χ1v) is 8.87. The zero-order chi connectivity index (χ0) is 21.9. The van der Waals surface area contributed by atoms with E-state index in [1.165, 1.54) is 49.7 Å². The summed E-state index contributed by atoms with van der Waals surface area (Å²) < 4.78 is 50.1. The number of rotatable bonds is 5. The molecule has 0 spiro atoms. The van der Waals surface area contributed by atoms with E-state index in [0.29, 0.717) is 5.52 Å². The quantitative estimate of drug-likeness (QED) is 0.590. The molecule has 0 atom stereocenters. The zero-order valence-corrected chi connectivity index (χ0v) is 16.0. The van der Waals surface area contributed by atoms with Crippen LogP contribution in [0.25, 0.3) is 10.9 Å². The van der Waals surface area contributed by atoms with Gasteiger partial charge in [0.05, 0.1) is 41.7 Å². The van der Waals surface area contributed by atoms with Gasteiger partial charge in [-0.1, -0.05) is 12.1 Å². The number of carbonyl (C=O) groups is 2. The molecule has 156 valence electrons. The molecule has 0 aliphatic heterocycles. The van der Waals surface area contributed by atoms with Crippen molar-refractivity contribution in [2.75, 3.05) is 19.0 Å². The van der Waals surface area contributed by atoms with Crippen molar-refractivity contribution in [2.24, 2.45) is 0 Å². The first kappa shape index (κ1) is 21.1. The summed E-state index contributed by atoms with van der Waals surface area (Å²) >= 11 is 0. The number of ether oxygens (including phenoxy) is 2. The van der Waals surface area contributed by atoms with Crippen molar-refractivity contribution in [3.8, 4) is 0 Å². The highest BCUT2D eigenvalue weighted by molar-refractivity contribution is 6.07. The molecule has 0 radical (unpaired) electrons. The molecule has 3 rings (SSSR count). The van der Waals surface area contributed by atoms with E-state index < -0.39 is 23.7 Å². The topological polar surface area (TPSA) is 77.5 Å².